The molecule has 0 aliphatic carbocycles. The van der Waals surface area contributed by atoms with Crippen molar-refractivity contribution in [2.75, 3.05) is 32.1 Å². The lowest BCUT2D eigenvalue weighted by molar-refractivity contribution is -0.106. The van der Waals surface area contributed by atoms with Crippen LogP contribution in [0.1, 0.15) is 6.42 Å². The van der Waals surface area contributed by atoms with Gasteiger partial charge in [0.1, 0.15) is 16.2 Å². The Kier molecular flexibility index (Phi) is 5.88. The van der Waals surface area contributed by atoms with Gasteiger partial charge in [-0.25, -0.2) is 9.37 Å². The van der Waals surface area contributed by atoms with Crippen LogP contribution in [0.25, 0.3) is 31.6 Å². The minimum atomic E-state index is -0.286. The van der Waals surface area contributed by atoms with Crippen LogP contribution < -0.4 is 10.6 Å². The molecule has 1 fully saturated rings. The highest BCUT2D eigenvalue weighted by molar-refractivity contribution is 7.21. The van der Waals surface area contributed by atoms with Gasteiger partial charge in [-0.1, -0.05) is 0 Å². The molecule has 2 N–H and O–H groups in total. The smallest absolute Gasteiger partial charge is 0.204 e. The highest BCUT2D eigenvalue weighted by atomic mass is 32.1. The summed E-state index contributed by atoms with van der Waals surface area (Å²) in [6.07, 6.45) is 3.26. The Morgan fingerprint density at radius 3 is 2.74 bits per heavy atom. The van der Waals surface area contributed by atoms with E-state index in [0.29, 0.717) is 11.6 Å². The van der Waals surface area contributed by atoms with E-state index in [2.05, 4.69) is 52.9 Å². The Balaban J connectivity index is 0.000000730. The van der Waals surface area contributed by atoms with Crippen molar-refractivity contribution in [3.63, 3.8) is 0 Å². The standard InChI is InChI=1S/C21H22FN5S.CH3NO/c1-25(2)16-6-7-27(12-16)19-5-4-13-10-18(28-21(13)23-19)14-8-15-11-26(3)24-20(15)17(22)9-14;2-1-3/h4-5,8-11,16H,6-7,12H2,1-3H3;1H,(H2,2,3). The first-order chi connectivity index (χ1) is 14.9. The number of aryl methyl sites for hydroxylation is 1. The van der Waals surface area contributed by atoms with Gasteiger partial charge in [-0.3, -0.25) is 9.48 Å². The number of carbonyl (C=O) groups excluding carboxylic acids is 1. The van der Waals surface area contributed by atoms with E-state index < -0.39 is 0 Å². The normalized spacial score (nSPS) is 16.2. The zero-order chi connectivity index (χ0) is 22.1. The van der Waals surface area contributed by atoms with Crippen molar-refractivity contribution >= 4 is 44.7 Å². The van der Waals surface area contributed by atoms with Crippen molar-refractivity contribution in [2.24, 2.45) is 12.8 Å². The number of pyridine rings is 1. The third kappa shape index (κ3) is 4.24. The number of likely N-dealkylation sites (N-methyl/N-ethyl adjacent to an activating group) is 1. The van der Waals surface area contributed by atoms with Crippen LogP contribution in [0.5, 0.6) is 0 Å². The predicted molar refractivity (Wildman–Crippen MR) is 124 cm³/mol. The number of hydrogen-bond donors (Lipinski definition) is 1. The van der Waals surface area contributed by atoms with Crippen LogP contribution in [0, 0.1) is 5.82 Å². The van der Waals surface area contributed by atoms with Crippen molar-refractivity contribution in [2.45, 2.75) is 12.5 Å². The number of benzene rings is 1. The Bertz CT molecular complexity index is 1230. The van der Waals surface area contributed by atoms with E-state index in [1.165, 1.54) is 0 Å². The number of amides is 1. The Morgan fingerprint density at radius 1 is 1.26 bits per heavy atom. The van der Waals surface area contributed by atoms with Crippen LogP contribution in [0.4, 0.5) is 10.2 Å². The summed E-state index contributed by atoms with van der Waals surface area (Å²) in [5.74, 6) is 0.741. The molecular formula is C22H25FN6OS. The number of thiophene rings is 1. The van der Waals surface area contributed by atoms with Gasteiger partial charge in [0, 0.05) is 48.0 Å². The molecule has 0 bridgehead atoms. The zero-order valence-electron chi connectivity index (χ0n) is 17.7. The zero-order valence-corrected chi connectivity index (χ0v) is 18.6. The van der Waals surface area contributed by atoms with Gasteiger partial charge < -0.3 is 15.5 Å². The molecule has 0 spiro atoms. The topological polar surface area (TPSA) is 80.3 Å². The Morgan fingerprint density at radius 2 is 2.03 bits per heavy atom. The fourth-order valence-corrected chi connectivity index (χ4v) is 4.97. The molecule has 31 heavy (non-hydrogen) atoms. The summed E-state index contributed by atoms with van der Waals surface area (Å²) in [6, 6.07) is 10.5. The molecule has 1 aliphatic heterocycles. The number of halogens is 1. The van der Waals surface area contributed by atoms with E-state index in [4.69, 9.17) is 9.78 Å². The summed E-state index contributed by atoms with van der Waals surface area (Å²) >= 11 is 1.61. The molecule has 1 saturated heterocycles. The average molecular weight is 441 g/mol. The molecule has 5 rings (SSSR count). The summed E-state index contributed by atoms with van der Waals surface area (Å²) in [5.41, 5.74) is 5.45. The van der Waals surface area contributed by atoms with E-state index in [1.807, 2.05) is 19.3 Å². The van der Waals surface area contributed by atoms with E-state index in [1.54, 1.807) is 22.1 Å². The molecule has 1 unspecified atom stereocenters. The summed E-state index contributed by atoms with van der Waals surface area (Å²) in [6.45, 7) is 2.04. The highest BCUT2D eigenvalue weighted by Crippen LogP contribution is 2.36. The summed E-state index contributed by atoms with van der Waals surface area (Å²) < 4.78 is 16.1. The predicted octanol–water partition coefficient (Wildman–Crippen LogP) is 3.23. The van der Waals surface area contributed by atoms with E-state index in [-0.39, 0.29) is 12.2 Å². The number of nitrogens with two attached hydrogens (primary N) is 1. The monoisotopic (exact) mass is 440 g/mol. The van der Waals surface area contributed by atoms with Gasteiger partial charge in [0.15, 0.2) is 5.82 Å². The number of aromatic nitrogens is 3. The molecule has 1 aromatic carbocycles. The number of primary amides is 1. The molecule has 4 aromatic rings. The largest absolute Gasteiger partial charge is 0.372 e. The van der Waals surface area contributed by atoms with Crippen LogP contribution >= 0.6 is 11.3 Å². The van der Waals surface area contributed by atoms with Gasteiger partial charge in [0.05, 0.1) is 0 Å². The minimum Gasteiger partial charge on any atom is -0.372 e. The van der Waals surface area contributed by atoms with Gasteiger partial charge in [0.2, 0.25) is 6.41 Å². The quantitative estimate of drug-likeness (QED) is 0.495. The maximum Gasteiger partial charge on any atom is 0.204 e. The fourth-order valence-electron chi connectivity index (χ4n) is 3.95. The first-order valence-corrected chi connectivity index (χ1v) is 10.8. The number of nitrogens with zero attached hydrogens (tertiary/aromatic N) is 5. The fraction of sp³-hybridized carbons (Fsp3) is 0.318. The van der Waals surface area contributed by atoms with Crippen molar-refractivity contribution in [1.82, 2.24) is 19.7 Å². The summed E-state index contributed by atoms with van der Waals surface area (Å²) in [7, 11) is 6.08. The highest BCUT2D eigenvalue weighted by Gasteiger charge is 2.25. The second-order valence-corrected chi connectivity index (χ2v) is 8.89. The minimum absolute atomic E-state index is 0.250. The number of anilines is 1. The molecule has 3 aromatic heterocycles. The molecule has 1 atom stereocenters. The maximum absolute atomic E-state index is 14.5. The van der Waals surface area contributed by atoms with Crippen LogP contribution in [0.2, 0.25) is 0 Å². The average Bonchev–Trinajstić information content (AvgIpc) is 3.45. The molecule has 162 valence electrons. The van der Waals surface area contributed by atoms with Gasteiger partial charge >= 0.3 is 0 Å². The van der Waals surface area contributed by atoms with Crippen molar-refractivity contribution in [1.29, 1.82) is 0 Å². The molecule has 0 radical (unpaired) electrons. The number of rotatable bonds is 3. The summed E-state index contributed by atoms with van der Waals surface area (Å²) in [5, 5.41) is 6.10. The van der Waals surface area contributed by atoms with Gasteiger partial charge in [-0.15, -0.1) is 11.3 Å². The lowest BCUT2D eigenvalue weighted by Crippen LogP contribution is -2.31. The van der Waals surface area contributed by atoms with Gasteiger partial charge in [0.25, 0.3) is 0 Å². The third-order valence-electron chi connectivity index (χ3n) is 5.55. The lowest BCUT2D eigenvalue weighted by Gasteiger charge is -2.21. The van der Waals surface area contributed by atoms with Gasteiger partial charge in [-0.2, -0.15) is 5.10 Å². The Hall–Kier alpha value is -3.04. The van der Waals surface area contributed by atoms with Crippen molar-refractivity contribution < 1.29 is 9.18 Å². The van der Waals surface area contributed by atoms with E-state index in [9.17, 15) is 4.39 Å². The SMILES string of the molecule is CN(C)C1CCN(c2ccc3cc(-c4cc(F)c5nn(C)cc5c4)sc3n2)C1.NC=O. The molecule has 4 heterocycles. The Labute approximate surface area is 183 Å². The van der Waals surface area contributed by atoms with E-state index in [0.717, 1.165) is 51.4 Å². The van der Waals surface area contributed by atoms with Crippen LogP contribution in [0.3, 0.4) is 0 Å². The van der Waals surface area contributed by atoms with Crippen molar-refractivity contribution in [3.05, 3.63) is 42.3 Å². The van der Waals surface area contributed by atoms with Crippen LogP contribution in [-0.2, 0) is 11.8 Å². The number of fused-ring (bicyclic) bond motifs is 2. The molecule has 1 amide bonds. The van der Waals surface area contributed by atoms with Gasteiger partial charge in [-0.05, 0) is 56.4 Å². The van der Waals surface area contributed by atoms with E-state index >= 15 is 0 Å². The molecule has 9 heteroatoms. The van der Waals surface area contributed by atoms with Crippen LogP contribution in [0.15, 0.2) is 36.5 Å². The third-order valence-corrected chi connectivity index (χ3v) is 6.64. The first kappa shape index (κ1) is 21.2. The number of carbonyl (C=O) groups is 1. The second-order valence-electron chi connectivity index (χ2n) is 7.86. The molecule has 0 saturated carbocycles. The maximum atomic E-state index is 14.5. The molecule has 7 nitrogen and oxygen atoms in total. The second kappa shape index (κ2) is 8.60. The first-order valence-electron chi connectivity index (χ1n) is 10.00. The molecule has 1 aliphatic rings. The molecular weight excluding hydrogens is 415 g/mol. The summed E-state index contributed by atoms with van der Waals surface area (Å²) in [4.78, 5) is 20.1. The van der Waals surface area contributed by atoms with Crippen molar-refractivity contribution in [3.8, 4) is 10.4 Å². The van der Waals surface area contributed by atoms with Crippen LogP contribution in [-0.4, -0.2) is 59.3 Å². The lowest BCUT2D eigenvalue weighted by atomic mass is 10.1. The number of hydrogen-bond acceptors (Lipinski definition) is 6.